The van der Waals surface area contributed by atoms with Gasteiger partial charge in [-0.1, -0.05) is 81.4 Å². The van der Waals surface area contributed by atoms with Crippen LogP contribution in [0.25, 0.3) is 11.2 Å². The number of anilines is 1. The van der Waals surface area contributed by atoms with Gasteiger partial charge in [0.25, 0.3) is 8.32 Å². The van der Waals surface area contributed by atoms with Crippen LogP contribution in [0, 0.1) is 11.8 Å². The quantitative estimate of drug-likeness (QED) is 0.263. The number of benzene rings is 2. The number of hydrogen-bond donors (Lipinski definition) is 1. The molecule has 9 heteroatoms. The summed E-state index contributed by atoms with van der Waals surface area (Å²) in [4.78, 5) is 25.5. The van der Waals surface area contributed by atoms with Crippen LogP contribution in [0.5, 0.6) is 0 Å². The number of methoxy groups -OCH3 is 1. The molecule has 2 heterocycles. The number of aromatic nitrogens is 4. The number of esters is 1. The van der Waals surface area contributed by atoms with Crippen molar-refractivity contribution in [2.24, 2.45) is 11.8 Å². The van der Waals surface area contributed by atoms with E-state index in [0.717, 1.165) is 18.5 Å². The second-order valence-corrected chi connectivity index (χ2v) is 15.8. The maximum absolute atomic E-state index is 12.5. The zero-order valence-electron chi connectivity index (χ0n) is 23.1. The number of nitrogens with zero attached hydrogens (tertiary/aromatic N) is 4. The largest absolute Gasteiger partial charge is 0.469 e. The lowest BCUT2D eigenvalue weighted by Crippen LogP contribution is -2.67. The molecular formula is C30H37N5O3Si. The third-order valence-electron chi connectivity index (χ3n) is 8.18. The normalized spacial score (nSPS) is 19.8. The Bertz CT molecular complexity index is 1380. The third-order valence-corrected chi connectivity index (χ3v) is 13.2. The van der Waals surface area contributed by atoms with Crippen molar-refractivity contribution in [2.45, 2.75) is 51.1 Å². The van der Waals surface area contributed by atoms with Crippen molar-refractivity contribution < 1.29 is 14.0 Å². The molecule has 39 heavy (non-hydrogen) atoms. The minimum absolute atomic E-state index is 0.109. The summed E-state index contributed by atoms with van der Waals surface area (Å²) in [6, 6.07) is 21.4. The van der Waals surface area contributed by atoms with E-state index in [0.29, 0.717) is 24.4 Å². The predicted octanol–water partition coefficient (Wildman–Crippen LogP) is 4.12. The molecule has 2 aromatic carbocycles. The molecule has 0 spiro atoms. The van der Waals surface area contributed by atoms with Gasteiger partial charge in [-0.05, 0) is 40.1 Å². The first-order chi connectivity index (χ1) is 18.7. The van der Waals surface area contributed by atoms with Crippen molar-refractivity contribution in [3.05, 3.63) is 73.3 Å². The molecule has 2 N–H and O–H groups in total. The number of rotatable bonds is 8. The Labute approximate surface area is 230 Å². The number of carbonyl (C=O) groups excluding carboxylic acids is 1. The van der Waals surface area contributed by atoms with Crippen molar-refractivity contribution in [1.82, 2.24) is 19.5 Å². The van der Waals surface area contributed by atoms with Crippen molar-refractivity contribution in [1.29, 1.82) is 0 Å². The van der Waals surface area contributed by atoms with Crippen LogP contribution in [0.15, 0.2) is 73.3 Å². The Morgan fingerprint density at radius 1 is 0.974 bits per heavy atom. The summed E-state index contributed by atoms with van der Waals surface area (Å²) >= 11 is 0. The van der Waals surface area contributed by atoms with Gasteiger partial charge in [0.05, 0.1) is 13.4 Å². The minimum Gasteiger partial charge on any atom is -0.469 e. The zero-order valence-corrected chi connectivity index (χ0v) is 24.1. The number of nitrogens with two attached hydrogens (primary N) is 1. The molecule has 204 valence electrons. The maximum atomic E-state index is 12.5. The van der Waals surface area contributed by atoms with Crippen LogP contribution < -0.4 is 16.1 Å². The van der Waals surface area contributed by atoms with Crippen LogP contribution in [0.4, 0.5) is 5.82 Å². The fourth-order valence-electron chi connectivity index (χ4n) is 6.29. The fraction of sp³-hybridized carbons (Fsp3) is 0.400. The first-order valence-corrected chi connectivity index (χ1v) is 15.4. The Kier molecular flexibility index (Phi) is 7.55. The van der Waals surface area contributed by atoms with Crippen LogP contribution in [0.2, 0.25) is 5.04 Å². The van der Waals surface area contributed by atoms with Crippen molar-refractivity contribution in [2.75, 3.05) is 19.5 Å². The topological polar surface area (TPSA) is 105 Å². The summed E-state index contributed by atoms with van der Waals surface area (Å²) in [5, 5.41) is 2.37. The van der Waals surface area contributed by atoms with Gasteiger partial charge >= 0.3 is 5.97 Å². The van der Waals surface area contributed by atoms with Crippen molar-refractivity contribution in [3.8, 4) is 0 Å². The SMILES string of the molecule is COC(=O)CC1CC(n2cnc3c(N)ncnc32)CC1CO[Si](c1ccccc1)(c1ccccc1)C(C)(C)C. The van der Waals surface area contributed by atoms with E-state index in [4.69, 9.17) is 14.9 Å². The van der Waals surface area contributed by atoms with E-state index >= 15 is 0 Å². The van der Waals surface area contributed by atoms with Crippen molar-refractivity contribution in [3.63, 3.8) is 0 Å². The molecule has 3 unspecified atom stereocenters. The Morgan fingerprint density at radius 3 is 2.18 bits per heavy atom. The number of carbonyl (C=O) groups is 1. The molecule has 1 aliphatic carbocycles. The van der Waals surface area contributed by atoms with Gasteiger partial charge in [-0.15, -0.1) is 0 Å². The number of nitrogen functional groups attached to an aromatic ring is 1. The standard InChI is InChI=1S/C30H37N5O3Si/c1-30(2,3)39(24-11-7-5-8-12-24,25-13-9-6-10-14-25)38-18-22-16-23(15-21(22)17-26(36)37-4)35-20-34-27-28(31)32-19-33-29(27)35/h5-14,19-23H,15-18H2,1-4H3,(H2,31,32,33). The highest BCUT2D eigenvalue weighted by molar-refractivity contribution is 6.99. The lowest BCUT2D eigenvalue weighted by molar-refractivity contribution is -0.142. The average Bonchev–Trinajstić information content (AvgIpc) is 3.54. The van der Waals surface area contributed by atoms with Crippen LogP contribution in [0.1, 0.15) is 46.1 Å². The summed E-state index contributed by atoms with van der Waals surface area (Å²) in [6.07, 6.45) is 5.27. The molecule has 0 aliphatic heterocycles. The molecule has 0 saturated heterocycles. The van der Waals surface area contributed by atoms with Gasteiger partial charge in [-0.2, -0.15) is 0 Å². The van der Waals surface area contributed by atoms with Gasteiger partial charge in [-0.3, -0.25) is 4.79 Å². The maximum Gasteiger partial charge on any atom is 0.305 e. The van der Waals surface area contributed by atoms with E-state index in [-0.39, 0.29) is 28.9 Å². The third kappa shape index (κ3) is 5.08. The van der Waals surface area contributed by atoms with Crippen LogP contribution in [0.3, 0.4) is 0 Å². The molecule has 0 amide bonds. The number of fused-ring (bicyclic) bond motifs is 1. The van der Waals surface area contributed by atoms with Gasteiger partial charge in [-0.25, -0.2) is 15.0 Å². The Balaban J connectivity index is 1.50. The monoisotopic (exact) mass is 543 g/mol. The smallest absolute Gasteiger partial charge is 0.305 e. The summed E-state index contributed by atoms with van der Waals surface area (Å²) in [7, 11) is -1.26. The lowest BCUT2D eigenvalue weighted by Gasteiger charge is -2.44. The van der Waals surface area contributed by atoms with E-state index in [1.807, 2.05) is 0 Å². The lowest BCUT2D eigenvalue weighted by atomic mass is 9.94. The van der Waals surface area contributed by atoms with Crippen LogP contribution in [-0.2, 0) is 14.0 Å². The highest BCUT2D eigenvalue weighted by atomic mass is 28.4. The molecule has 8 nitrogen and oxygen atoms in total. The van der Waals surface area contributed by atoms with Crippen LogP contribution >= 0.6 is 0 Å². The van der Waals surface area contributed by atoms with Crippen LogP contribution in [-0.4, -0.2) is 47.5 Å². The molecular weight excluding hydrogens is 506 g/mol. The highest BCUT2D eigenvalue weighted by Gasteiger charge is 2.51. The van der Waals surface area contributed by atoms with Gasteiger partial charge in [0, 0.05) is 19.1 Å². The van der Waals surface area contributed by atoms with E-state index in [9.17, 15) is 4.79 Å². The summed E-state index contributed by atoms with van der Waals surface area (Å²) in [6.45, 7) is 7.40. The Hall–Kier alpha value is -3.56. The summed E-state index contributed by atoms with van der Waals surface area (Å²) < 4.78 is 14.5. The first kappa shape index (κ1) is 27.0. The van der Waals surface area contributed by atoms with Gasteiger partial charge < -0.3 is 19.5 Å². The molecule has 1 fully saturated rings. The van der Waals surface area contributed by atoms with E-state index in [1.54, 1.807) is 6.33 Å². The summed E-state index contributed by atoms with van der Waals surface area (Å²) in [5.41, 5.74) is 7.38. The van der Waals surface area contributed by atoms with Gasteiger partial charge in [0.15, 0.2) is 11.5 Å². The first-order valence-electron chi connectivity index (χ1n) is 13.5. The zero-order chi connectivity index (χ0) is 27.6. The van der Waals surface area contributed by atoms with E-state index in [1.165, 1.54) is 23.8 Å². The number of imidazole rings is 1. The summed E-state index contributed by atoms with van der Waals surface area (Å²) in [5.74, 6) is 0.442. The van der Waals surface area contributed by atoms with Crippen molar-refractivity contribution >= 4 is 41.6 Å². The molecule has 0 bridgehead atoms. The predicted molar refractivity (Wildman–Crippen MR) is 155 cm³/mol. The molecule has 0 radical (unpaired) electrons. The molecule has 1 aliphatic rings. The average molecular weight is 544 g/mol. The molecule has 5 rings (SSSR count). The van der Waals surface area contributed by atoms with E-state index < -0.39 is 8.32 Å². The molecule has 1 saturated carbocycles. The second kappa shape index (κ2) is 10.9. The van der Waals surface area contributed by atoms with Gasteiger partial charge in [0.2, 0.25) is 0 Å². The van der Waals surface area contributed by atoms with E-state index in [2.05, 4.69) is 101 Å². The number of ether oxygens (including phenoxy) is 1. The fourth-order valence-corrected chi connectivity index (χ4v) is 10.9. The Morgan fingerprint density at radius 2 is 1.59 bits per heavy atom. The molecule has 3 atom stereocenters. The second-order valence-electron chi connectivity index (χ2n) is 11.5. The molecule has 4 aromatic rings. The number of hydrogen-bond acceptors (Lipinski definition) is 7. The molecule has 2 aromatic heterocycles. The minimum atomic E-state index is -2.71. The van der Waals surface area contributed by atoms with Gasteiger partial charge in [0.1, 0.15) is 11.8 Å². The highest BCUT2D eigenvalue weighted by Crippen LogP contribution is 2.44.